The number of benzene rings is 2. The molecular weight excluding hydrogens is 348 g/mol. The third kappa shape index (κ3) is 5.37. The standard InChI is InChI=1S/C20H24N2O5/c1-5-27-16-8-6-15(7-9-16)21-20(24)13-22(14(2)23)18-12-17(25-3)10-11-19(18)26-4/h6-12H,5,13H2,1-4H3,(H,21,24). The van der Waals surface area contributed by atoms with E-state index < -0.39 is 0 Å². The number of amides is 2. The molecule has 1 N–H and O–H groups in total. The van der Waals surface area contributed by atoms with Crippen molar-refractivity contribution in [1.82, 2.24) is 0 Å². The molecule has 2 amide bonds. The monoisotopic (exact) mass is 372 g/mol. The lowest BCUT2D eigenvalue weighted by molar-refractivity contribution is -0.120. The van der Waals surface area contributed by atoms with E-state index in [2.05, 4.69) is 5.32 Å². The van der Waals surface area contributed by atoms with Gasteiger partial charge in [0.15, 0.2) is 0 Å². The Morgan fingerprint density at radius 3 is 2.22 bits per heavy atom. The van der Waals surface area contributed by atoms with Crippen molar-refractivity contribution in [3.63, 3.8) is 0 Å². The van der Waals surface area contributed by atoms with E-state index in [4.69, 9.17) is 14.2 Å². The normalized spacial score (nSPS) is 10.1. The summed E-state index contributed by atoms with van der Waals surface area (Å²) in [4.78, 5) is 25.9. The minimum absolute atomic E-state index is 0.161. The van der Waals surface area contributed by atoms with E-state index in [1.165, 1.54) is 26.0 Å². The average molecular weight is 372 g/mol. The van der Waals surface area contributed by atoms with E-state index in [1.54, 1.807) is 42.5 Å². The van der Waals surface area contributed by atoms with Gasteiger partial charge in [-0.1, -0.05) is 0 Å². The molecular formula is C20H24N2O5. The summed E-state index contributed by atoms with van der Waals surface area (Å²) >= 11 is 0. The maximum absolute atomic E-state index is 12.5. The van der Waals surface area contributed by atoms with Gasteiger partial charge in [0.25, 0.3) is 0 Å². The summed E-state index contributed by atoms with van der Waals surface area (Å²) in [7, 11) is 3.03. The minimum atomic E-state index is -0.334. The van der Waals surface area contributed by atoms with Gasteiger partial charge in [-0.05, 0) is 43.3 Å². The molecule has 0 aliphatic rings. The summed E-state index contributed by atoms with van der Waals surface area (Å²) in [6.45, 7) is 3.70. The largest absolute Gasteiger partial charge is 0.497 e. The van der Waals surface area contributed by atoms with Crippen LogP contribution in [0, 0.1) is 0 Å². The van der Waals surface area contributed by atoms with Crippen LogP contribution in [0.3, 0.4) is 0 Å². The highest BCUT2D eigenvalue weighted by Crippen LogP contribution is 2.32. The Bertz CT molecular complexity index is 789. The molecule has 0 spiro atoms. The first kappa shape index (κ1) is 20.1. The molecule has 0 aliphatic carbocycles. The molecule has 27 heavy (non-hydrogen) atoms. The topological polar surface area (TPSA) is 77.1 Å². The molecule has 0 saturated carbocycles. The number of carbonyl (C=O) groups is 2. The summed E-state index contributed by atoms with van der Waals surface area (Å²) in [5.41, 5.74) is 1.08. The molecule has 2 rings (SSSR count). The number of hydrogen-bond acceptors (Lipinski definition) is 5. The van der Waals surface area contributed by atoms with E-state index in [0.29, 0.717) is 29.5 Å². The molecule has 0 aromatic heterocycles. The van der Waals surface area contributed by atoms with Crippen molar-refractivity contribution in [1.29, 1.82) is 0 Å². The fourth-order valence-corrected chi connectivity index (χ4v) is 2.52. The molecule has 144 valence electrons. The van der Waals surface area contributed by atoms with Crippen LogP contribution < -0.4 is 24.4 Å². The summed E-state index contributed by atoms with van der Waals surface area (Å²) in [6.07, 6.45) is 0. The van der Waals surface area contributed by atoms with E-state index in [-0.39, 0.29) is 18.4 Å². The number of carbonyl (C=O) groups excluding carboxylic acids is 2. The van der Waals surface area contributed by atoms with Crippen LogP contribution in [0.2, 0.25) is 0 Å². The van der Waals surface area contributed by atoms with Crippen LogP contribution in [-0.4, -0.2) is 39.2 Å². The summed E-state index contributed by atoms with van der Waals surface area (Å²) < 4.78 is 15.9. The van der Waals surface area contributed by atoms with Crippen LogP contribution in [0.25, 0.3) is 0 Å². The maximum atomic E-state index is 12.5. The second kappa shape index (κ2) is 9.47. The Kier molecular flexibility index (Phi) is 7.05. The zero-order valence-electron chi connectivity index (χ0n) is 15.9. The highest BCUT2D eigenvalue weighted by Gasteiger charge is 2.20. The van der Waals surface area contributed by atoms with Gasteiger partial charge in [0.05, 0.1) is 26.5 Å². The lowest BCUT2D eigenvalue weighted by atomic mass is 10.2. The molecule has 0 bridgehead atoms. The highest BCUT2D eigenvalue weighted by molar-refractivity contribution is 6.02. The maximum Gasteiger partial charge on any atom is 0.244 e. The van der Waals surface area contributed by atoms with Gasteiger partial charge >= 0.3 is 0 Å². The first-order valence-corrected chi connectivity index (χ1v) is 8.51. The summed E-state index contributed by atoms with van der Waals surface area (Å²) in [5, 5.41) is 2.77. The number of rotatable bonds is 8. The van der Waals surface area contributed by atoms with Crippen molar-refractivity contribution in [2.24, 2.45) is 0 Å². The first-order valence-electron chi connectivity index (χ1n) is 8.51. The van der Waals surface area contributed by atoms with Gasteiger partial charge in [-0.15, -0.1) is 0 Å². The molecule has 0 unspecified atom stereocenters. The lowest BCUT2D eigenvalue weighted by Crippen LogP contribution is -2.36. The summed E-state index contributed by atoms with van der Waals surface area (Å²) in [6, 6.07) is 12.1. The van der Waals surface area contributed by atoms with Crippen LogP contribution in [0.4, 0.5) is 11.4 Å². The number of nitrogens with one attached hydrogen (secondary N) is 1. The fourth-order valence-electron chi connectivity index (χ4n) is 2.52. The third-order valence-corrected chi connectivity index (χ3v) is 3.81. The second-order valence-corrected chi connectivity index (χ2v) is 5.65. The number of hydrogen-bond donors (Lipinski definition) is 1. The van der Waals surface area contributed by atoms with Gasteiger partial charge < -0.3 is 19.5 Å². The number of anilines is 2. The van der Waals surface area contributed by atoms with Crippen molar-refractivity contribution in [3.05, 3.63) is 42.5 Å². The minimum Gasteiger partial charge on any atom is -0.497 e. The van der Waals surface area contributed by atoms with Gasteiger partial charge in [0.2, 0.25) is 11.8 Å². The Labute approximate surface area is 158 Å². The van der Waals surface area contributed by atoms with Crippen LogP contribution in [0.15, 0.2) is 42.5 Å². The summed E-state index contributed by atoms with van der Waals surface area (Å²) in [5.74, 6) is 1.13. The Morgan fingerprint density at radius 1 is 1.00 bits per heavy atom. The molecule has 7 nitrogen and oxygen atoms in total. The molecule has 0 radical (unpaired) electrons. The number of ether oxygens (including phenoxy) is 3. The highest BCUT2D eigenvalue weighted by atomic mass is 16.5. The number of nitrogens with zero attached hydrogens (tertiary/aromatic N) is 1. The molecule has 2 aromatic rings. The van der Waals surface area contributed by atoms with Crippen molar-refractivity contribution >= 4 is 23.2 Å². The molecule has 0 atom stereocenters. The first-order chi connectivity index (χ1) is 13.0. The van der Waals surface area contributed by atoms with E-state index in [0.717, 1.165) is 5.75 Å². The average Bonchev–Trinajstić information content (AvgIpc) is 2.67. The van der Waals surface area contributed by atoms with E-state index >= 15 is 0 Å². The molecule has 2 aromatic carbocycles. The predicted molar refractivity (Wildman–Crippen MR) is 104 cm³/mol. The fraction of sp³-hybridized carbons (Fsp3) is 0.300. The molecule has 0 saturated heterocycles. The van der Waals surface area contributed by atoms with E-state index in [9.17, 15) is 9.59 Å². The van der Waals surface area contributed by atoms with Crippen molar-refractivity contribution in [2.45, 2.75) is 13.8 Å². The Hall–Kier alpha value is -3.22. The SMILES string of the molecule is CCOc1ccc(NC(=O)CN(C(C)=O)c2cc(OC)ccc2OC)cc1. The van der Waals surface area contributed by atoms with Crippen LogP contribution in [0.5, 0.6) is 17.2 Å². The molecule has 0 heterocycles. The molecule has 0 aliphatic heterocycles. The van der Waals surface area contributed by atoms with Crippen molar-refractivity contribution in [3.8, 4) is 17.2 Å². The quantitative estimate of drug-likeness (QED) is 0.770. The smallest absolute Gasteiger partial charge is 0.244 e. The molecule has 0 fully saturated rings. The van der Waals surface area contributed by atoms with Crippen molar-refractivity contribution in [2.75, 3.05) is 37.6 Å². The van der Waals surface area contributed by atoms with Gasteiger partial charge in [0, 0.05) is 18.7 Å². The molecule has 7 heteroatoms. The Balaban J connectivity index is 2.16. The van der Waals surface area contributed by atoms with Crippen molar-refractivity contribution < 1.29 is 23.8 Å². The van der Waals surface area contributed by atoms with Gasteiger partial charge in [-0.2, -0.15) is 0 Å². The number of methoxy groups -OCH3 is 2. The predicted octanol–water partition coefficient (Wildman–Crippen LogP) is 3.09. The Morgan fingerprint density at radius 2 is 1.67 bits per heavy atom. The van der Waals surface area contributed by atoms with Gasteiger partial charge in [-0.3, -0.25) is 14.5 Å². The van der Waals surface area contributed by atoms with Gasteiger partial charge in [-0.25, -0.2) is 0 Å². The van der Waals surface area contributed by atoms with Crippen LogP contribution in [0.1, 0.15) is 13.8 Å². The lowest BCUT2D eigenvalue weighted by Gasteiger charge is -2.23. The van der Waals surface area contributed by atoms with Crippen LogP contribution in [-0.2, 0) is 9.59 Å². The zero-order chi connectivity index (χ0) is 19.8. The van der Waals surface area contributed by atoms with E-state index in [1.807, 2.05) is 6.92 Å². The van der Waals surface area contributed by atoms with Crippen LogP contribution >= 0.6 is 0 Å². The third-order valence-electron chi connectivity index (χ3n) is 3.81. The van der Waals surface area contributed by atoms with Gasteiger partial charge in [0.1, 0.15) is 23.8 Å². The second-order valence-electron chi connectivity index (χ2n) is 5.65. The zero-order valence-corrected chi connectivity index (χ0v) is 15.9.